The first kappa shape index (κ1) is 30.5. The number of sulfone groups is 1. The summed E-state index contributed by atoms with van der Waals surface area (Å²) >= 11 is 0. The van der Waals surface area contributed by atoms with Gasteiger partial charge in [-0.2, -0.15) is 26.3 Å². The number of rotatable bonds is 6. The number of carboxylic acid groups (broad SMARTS) is 1. The molecule has 3 rings (SSSR count). The van der Waals surface area contributed by atoms with Crippen LogP contribution in [0.15, 0.2) is 53.8 Å². The molecule has 15 heteroatoms. The van der Waals surface area contributed by atoms with Crippen LogP contribution >= 0.6 is 0 Å². The molecular formula is C23H21F6N3O5S. The van der Waals surface area contributed by atoms with Crippen LogP contribution in [0.5, 0.6) is 5.75 Å². The van der Waals surface area contributed by atoms with Gasteiger partial charge in [0.1, 0.15) is 11.3 Å². The number of nitrogens with zero attached hydrogens (tertiary/aromatic N) is 2. The van der Waals surface area contributed by atoms with Crippen LogP contribution in [0.4, 0.5) is 26.3 Å². The Morgan fingerprint density at radius 2 is 1.58 bits per heavy atom. The molecule has 8 nitrogen and oxygen atoms in total. The monoisotopic (exact) mass is 565 g/mol. The molecule has 2 N–H and O–H groups in total. The minimum atomic E-state index is -4.79. The number of ether oxygens (including phenoxy) is 1. The fourth-order valence-corrected chi connectivity index (χ4v) is 3.57. The summed E-state index contributed by atoms with van der Waals surface area (Å²) in [5.74, 6) is -0.867. The smallest absolute Gasteiger partial charge is 0.416 e. The van der Waals surface area contributed by atoms with Gasteiger partial charge in [-0.1, -0.05) is 12.1 Å². The number of carbonyl (C=O) groups is 1. The van der Waals surface area contributed by atoms with Crippen LogP contribution in [-0.2, 0) is 28.7 Å². The van der Waals surface area contributed by atoms with Gasteiger partial charge in [-0.25, -0.2) is 23.2 Å². The number of methoxy groups -OCH3 is 1. The predicted molar refractivity (Wildman–Crippen MR) is 123 cm³/mol. The van der Waals surface area contributed by atoms with Gasteiger partial charge in [-0.05, 0) is 42.9 Å². The van der Waals surface area contributed by atoms with Gasteiger partial charge in [-0.15, -0.1) is 0 Å². The second-order valence-corrected chi connectivity index (χ2v) is 9.55. The highest BCUT2D eigenvalue weighted by Crippen LogP contribution is 2.36. The van der Waals surface area contributed by atoms with Crippen LogP contribution in [0.2, 0.25) is 0 Å². The maximum atomic E-state index is 12.4. The quantitative estimate of drug-likeness (QED) is 0.326. The van der Waals surface area contributed by atoms with E-state index < -0.39 is 44.4 Å². The molecule has 2 aromatic carbocycles. The number of nitrogens with one attached hydrogen (secondary N) is 1. The van der Waals surface area contributed by atoms with E-state index in [1.807, 2.05) is 0 Å². The number of carboxylic acids is 1. The van der Waals surface area contributed by atoms with Crippen molar-refractivity contribution in [2.45, 2.75) is 24.1 Å². The van der Waals surface area contributed by atoms with E-state index in [2.05, 4.69) is 15.3 Å². The molecule has 38 heavy (non-hydrogen) atoms. The van der Waals surface area contributed by atoms with E-state index >= 15 is 0 Å². The standard InChI is InChI=1S/C13H12N2O5S.C10H9F6N/c1-20-10-6-4-3-5-8(10)11-9(12(16)17)7-14-13(15-11)21(2,18)19;1-17-5-6-2-7(9(11,12)13)4-8(3-6)10(14,15)16/h3-7H,1-2H3,(H,16,17);2-4,17H,5H2,1H3. The number of hydrogen-bond acceptors (Lipinski definition) is 7. The van der Waals surface area contributed by atoms with E-state index in [1.165, 1.54) is 14.2 Å². The second-order valence-electron chi connectivity index (χ2n) is 7.64. The molecule has 0 saturated carbocycles. The van der Waals surface area contributed by atoms with Crippen molar-refractivity contribution in [3.8, 4) is 17.0 Å². The van der Waals surface area contributed by atoms with E-state index in [4.69, 9.17) is 4.74 Å². The predicted octanol–water partition coefficient (Wildman–Crippen LogP) is 4.70. The van der Waals surface area contributed by atoms with Crippen LogP contribution in [0, 0.1) is 0 Å². The van der Waals surface area contributed by atoms with Crippen LogP contribution < -0.4 is 10.1 Å². The van der Waals surface area contributed by atoms with Gasteiger partial charge in [0.15, 0.2) is 0 Å². The summed E-state index contributed by atoms with van der Waals surface area (Å²) < 4.78 is 103. The summed E-state index contributed by atoms with van der Waals surface area (Å²) in [5.41, 5.74) is -2.48. The molecule has 0 saturated heterocycles. The molecule has 0 amide bonds. The number of aromatic nitrogens is 2. The Bertz CT molecular complexity index is 1380. The molecule has 1 heterocycles. The number of aromatic carboxylic acids is 1. The van der Waals surface area contributed by atoms with Gasteiger partial charge in [-0.3, -0.25) is 0 Å². The third kappa shape index (κ3) is 7.89. The topological polar surface area (TPSA) is 118 Å². The highest BCUT2D eigenvalue weighted by molar-refractivity contribution is 7.90. The summed E-state index contributed by atoms with van der Waals surface area (Å²) in [7, 11) is -0.785. The van der Waals surface area contributed by atoms with Crippen LogP contribution in [0.3, 0.4) is 0 Å². The number of halogens is 6. The zero-order valence-corrected chi connectivity index (χ0v) is 20.8. The number of hydrogen-bond donors (Lipinski definition) is 2. The Kier molecular flexibility index (Phi) is 9.45. The molecule has 0 aliphatic heterocycles. The zero-order chi connectivity index (χ0) is 28.9. The molecular weight excluding hydrogens is 544 g/mol. The number of para-hydroxylation sites is 1. The average Bonchev–Trinajstić information content (AvgIpc) is 2.82. The Hall–Kier alpha value is -3.72. The first-order valence-electron chi connectivity index (χ1n) is 10.4. The molecule has 0 spiro atoms. The van der Waals surface area contributed by atoms with Crippen molar-refractivity contribution in [3.05, 3.63) is 70.9 Å². The maximum Gasteiger partial charge on any atom is 0.416 e. The molecule has 0 fully saturated rings. The molecule has 206 valence electrons. The first-order valence-corrected chi connectivity index (χ1v) is 12.2. The minimum Gasteiger partial charge on any atom is -0.496 e. The lowest BCUT2D eigenvalue weighted by Gasteiger charge is -2.13. The molecule has 0 aliphatic carbocycles. The van der Waals surface area contributed by atoms with Crippen molar-refractivity contribution < 1.29 is 49.4 Å². The van der Waals surface area contributed by atoms with E-state index in [-0.39, 0.29) is 29.4 Å². The average molecular weight is 565 g/mol. The van der Waals surface area contributed by atoms with Crippen LogP contribution in [-0.4, -0.2) is 49.9 Å². The molecule has 3 aromatic rings. The fraction of sp³-hybridized carbons (Fsp3) is 0.261. The maximum absolute atomic E-state index is 12.4. The first-order chi connectivity index (χ1) is 17.5. The van der Waals surface area contributed by atoms with Crippen molar-refractivity contribution in [1.82, 2.24) is 15.3 Å². The molecule has 0 aliphatic rings. The minimum absolute atomic E-state index is 0.00428. The summed E-state index contributed by atoms with van der Waals surface area (Å²) in [6.07, 6.45) is -7.64. The summed E-state index contributed by atoms with van der Waals surface area (Å²) in [5, 5.41) is 11.3. The van der Waals surface area contributed by atoms with E-state index in [0.29, 0.717) is 23.4 Å². The molecule has 0 unspecified atom stereocenters. The lowest BCUT2D eigenvalue weighted by Crippen LogP contribution is -2.14. The Labute approximate surface area is 213 Å². The Morgan fingerprint density at radius 1 is 1.03 bits per heavy atom. The fourth-order valence-electron chi connectivity index (χ4n) is 3.07. The van der Waals surface area contributed by atoms with Gasteiger partial charge in [0.2, 0.25) is 15.0 Å². The van der Waals surface area contributed by atoms with Crippen LogP contribution in [0.1, 0.15) is 27.0 Å². The van der Waals surface area contributed by atoms with Gasteiger partial charge in [0.25, 0.3) is 0 Å². The lowest BCUT2D eigenvalue weighted by atomic mass is 10.0. The third-order valence-electron chi connectivity index (χ3n) is 4.72. The van der Waals surface area contributed by atoms with Crippen molar-refractivity contribution >= 4 is 15.8 Å². The van der Waals surface area contributed by atoms with E-state index in [1.54, 1.807) is 24.3 Å². The second kappa shape index (κ2) is 11.8. The largest absolute Gasteiger partial charge is 0.496 e. The Morgan fingerprint density at radius 3 is 2.03 bits per heavy atom. The Balaban J connectivity index is 0.000000273. The lowest BCUT2D eigenvalue weighted by molar-refractivity contribution is -0.143. The number of alkyl halides is 6. The highest BCUT2D eigenvalue weighted by Gasteiger charge is 2.36. The SMILES string of the molecule is CNCc1cc(C(F)(F)F)cc(C(F)(F)F)c1.COc1ccccc1-c1nc(S(C)(=O)=O)ncc1C(=O)O. The van der Waals surface area contributed by atoms with Gasteiger partial charge >= 0.3 is 18.3 Å². The van der Waals surface area contributed by atoms with Crippen LogP contribution in [0.25, 0.3) is 11.3 Å². The van der Waals surface area contributed by atoms with Crippen molar-refractivity contribution in [3.63, 3.8) is 0 Å². The summed E-state index contributed by atoms with van der Waals surface area (Å²) in [6, 6.07) is 8.12. The molecule has 0 radical (unpaired) electrons. The normalized spacial score (nSPS) is 11.9. The van der Waals surface area contributed by atoms with E-state index in [9.17, 15) is 44.7 Å². The summed E-state index contributed by atoms with van der Waals surface area (Å²) in [4.78, 5) is 18.8. The third-order valence-corrected chi connectivity index (χ3v) is 5.58. The van der Waals surface area contributed by atoms with Crippen molar-refractivity contribution in [2.75, 3.05) is 20.4 Å². The summed E-state index contributed by atoms with van der Waals surface area (Å²) in [6.45, 7) is -0.0625. The van der Waals surface area contributed by atoms with Gasteiger partial charge in [0.05, 0.1) is 23.9 Å². The zero-order valence-electron chi connectivity index (χ0n) is 20.0. The van der Waals surface area contributed by atoms with Crippen molar-refractivity contribution in [2.24, 2.45) is 0 Å². The van der Waals surface area contributed by atoms with Gasteiger partial charge < -0.3 is 15.2 Å². The molecule has 0 atom stereocenters. The molecule has 1 aromatic heterocycles. The van der Waals surface area contributed by atoms with Gasteiger partial charge in [0, 0.05) is 24.6 Å². The highest BCUT2D eigenvalue weighted by atomic mass is 32.2. The number of benzene rings is 2. The molecule has 0 bridgehead atoms. The van der Waals surface area contributed by atoms with Crippen molar-refractivity contribution in [1.29, 1.82) is 0 Å². The van der Waals surface area contributed by atoms with E-state index in [0.717, 1.165) is 12.5 Å².